The first-order valence-electron chi connectivity index (χ1n) is 5.77. The van der Waals surface area contributed by atoms with Crippen molar-refractivity contribution in [3.8, 4) is 10.6 Å². The van der Waals surface area contributed by atoms with E-state index in [-0.39, 0.29) is 0 Å². The molecule has 0 saturated heterocycles. The van der Waals surface area contributed by atoms with Gasteiger partial charge >= 0.3 is 0 Å². The summed E-state index contributed by atoms with van der Waals surface area (Å²) in [7, 11) is 2.14. The molecule has 2 heterocycles. The zero-order chi connectivity index (χ0) is 11.8. The van der Waals surface area contributed by atoms with E-state index < -0.39 is 0 Å². The van der Waals surface area contributed by atoms with Crippen LogP contribution in [0.2, 0.25) is 0 Å². The summed E-state index contributed by atoms with van der Waals surface area (Å²) >= 11 is 1.68. The molecule has 0 spiro atoms. The Morgan fingerprint density at radius 2 is 2.35 bits per heavy atom. The fourth-order valence-corrected chi connectivity index (χ4v) is 3.02. The predicted molar refractivity (Wildman–Crippen MR) is 72.4 cm³/mol. The van der Waals surface area contributed by atoms with E-state index in [9.17, 15) is 0 Å². The van der Waals surface area contributed by atoms with Gasteiger partial charge in [-0.25, -0.2) is 4.98 Å². The molecule has 0 bridgehead atoms. The molecule has 0 amide bonds. The van der Waals surface area contributed by atoms with Gasteiger partial charge in [-0.1, -0.05) is 0 Å². The number of nitrogens with two attached hydrogens (primary N) is 1. The summed E-state index contributed by atoms with van der Waals surface area (Å²) in [6.45, 7) is 1.69. The molecular formula is C13H15N3S. The van der Waals surface area contributed by atoms with Crippen LogP contribution in [0.3, 0.4) is 0 Å². The number of rotatable bonds is 2. The van der Waals surface area contributed by atoms with Gasteiger partial charge in [-0.2, -0.15) is 0 Å². The van der Waals surface area contributed by atoms with Gasteiger partial charge in [-0.15, -0.1) is 11.3 Å². The summed E-state index contributed by atoms with van der Waals surface area (Å²) in [6.07, 6.45) is 3.01. The van der Waals surface area contributed by atoms with Gasteiger partial charge < -0.3 is 10.6 Å². The molecule has 2 aromatic rings. The molecule has 0 unspecified atom stereocenters. The average molecular weight is 245 g/mol. The van der Waals surface area contributed by atoms with Crippen molar-refractivity contribution >= 4 is 17.0 Å². The van der Waals surface area contributed by atoms with Crippen LogP contribution in [0.5, 0.6) is 0 Å². The molecular weight excluding hydrogens is 230 g/mol. The van der Waals surface area contributed by atoms with Gasteiger partial charge in [0.15, 0.2) is 0 Å². The van der Waals surface area contributed by atoms with Crippen LogP contribution in [-0.2, 0) is 13.0 Å². The molecule has 0 saturated carbocycles. The number of thiazole rings is 1. The summed E-state index contributed by atoms with van der Waals surface area (Å²) < 4.78 is 0. The van der Waals surface area contributed by atoms with Crippen LogP contribution in [0.4, 0.5) is 5.69 Å². The van der Waals surface area contributed by atoms with Crippen LogP contribution < -0.4 is 10.6 Å². The Kier molecular flexibility index (Phi) is 2.61. The van der Waals surface area contributed by atoms with Crippen molar-refractivity contribution < 1.29 is 0 Å². The molecule has 0 atom stereocenters. The summed E-state index contributed by atoms with van der Waals surface area (Å²) in [5.74, 6) is 0. The first-order chi connectivity index (χ1) is 8.28. The maximum absolute atomic E-state index is 5.61. The molecule has 1 aromatic carbocycles. The normalized spacial score (nSPS) is 14.1. The van der Waals surface area contributed by atoms with E-state index in [0.29, 0.717) is 6.54 Å². The minimum Gasteiger partial charge on any atom is -0.374 e. The molecule has 3 nitrogen and oxygen atoms in total. The zero-order valence-corrected chi connectivity index (χ0v) is 10.6. The van der Waals surface area contributed by atoms with E-state index in [2.05, 4.69) is 35.1 Å². The van der Waals surface area contributed by atoms with Crippen molar-refractivity contribution in [2.24, 2.45) is 5.73 Å². The number of aromatic nitrogens is 1. The molecule has 17 heavy (non-hydrogen) atoms. The maximum Gasteiger partial charge on any atom is 0.123 e. The number of likely N-dealkylation sites (N-methyl/N-ethyl adjacent to an activating group) is 1. The third kappa shape index (κ3) is 1.83. The van der Waals surface area contributed by atoms with E-state index in [1.165, 1.54) is 16.8 Å². The van der Waals surface area contributed by atoms with Gasteiger partial charge in [0.1, 0.15) is 5.01 Å². The lowest BCUT2D eigenvalue weighted by Gasteiger charge is -2.11. The van der Waals surface area contributed by atoms with Crippen LogP contribution in [0, 0.1) is 0 Å². The Balaban J connectivity index is 1.99. The van der Waals surface area contributed by atoms with Gasteiger partial charge in [0.05, 0.1) is 0 Å². The SMILES string of the molecule is CN1CCc2cc(-c3ncc(CN)s3)ccc21. The third-order valence-electron chi connectivity index (χ3n) is 3.21. The molecule has 3 rings (SSSR count). The highest BCUT2D eigenvalue weighted by Crippen LogP contribution is 2.32. The largest absolute Gasteiger partial charge is 0.374 e. The summed E-state index contributed by atoms with van der Waals surface area (Å²) in [4.78, 5) is 7.86. The Morgan fingerprint density at radius 3 is 3.12 bits per heavy atom. The van der Waals surface area contributed by atoms with Gasteiger partial charge in [-0.3, -0.25) is 0 Å². The maximum atomic E-state index is 5.61. The first kappa shape index (κ1) is 10.7. The van der Waals surface area contributed by atoms with Crippen LogP contribution >= 0.6 is 11.3 Å². The van der Waals surface area contributed by atoms with E-state index >= 15 is 0 Å². The number of anilines is 1. The highest BCUT2D eigenvalue weighted by atomic mass is 32.1. The van der Waals surface area contributed by atoms with Gasteiger partial charge in [0.25, 0.3) is 0 Å². The average Bonchev–Trinajstić information content (AvgIpc) is 2.96. The molecule has 0 radical (unpaired) electrons. The Morgan fingerprint density at radius 1 is 1.47 bits per heavy atom. The highest BCUT2D eigenvalue weighted by molar-refractivity contribution is 7.15. The number of benzene rings is 1. The smallest absolute Gasteiger partial charge is 0.123 e. The lowest BCUT2D eigenvalue weighted by atomic mass is 10.1. The summed E-state index contributed by atoms with van der Waals surface area (Å²) in [6, 6.07) is 6.61. The minimum atomic E-state index is 0.575. The molecule has 0 fully saturated rings. The molecule has 0 aliphatic carbocycles. The zero-order valence-electron chi connectivity index (χ0n) is 9.81. The van der Waals surface area contributed by atoms with Crippen molar-refractivity contribution in [3.05, 3.63) is 34.8 Å². The van der Waals surface area contributed by atoms with Crippen molar-refractivity contribution in [3.63, 3.8) is 0 Å². The summed E-state index contributed by atoms with van der Waals surface area (Å²) in [5, 5.41) is 1.07. The fraction of sp³-hybridized carbons (Fsp3) is 0.308. The van der Waals surface area contributed by atoms with Crippen molar-refractivity contribution in [2.45, 2.75) is 13.0 Å². The van der Waals surface area contributed by atoms with Crippen molar-refractivity contribution in [1.29, 1.82) is 0 Å². The Bertz CT molecular complexity index is 547. The molecule has 88 valence electrons. The second-order valence-electron chi connectivity index (χ2n) is 4.35. The molecule has 1 aliphatic heterocycles. The van der Waals surface area contributed by atoms with E-state index in [4.69, 9.17) is 5.73 Å². The predicted octanol–water partition coefficient (Wildman–Crippen LogP) is 2.26. The number of fused-ring (bicyclic) bond motifs is 1. The van der Waals surface area contributed by atoms with Gasteiger partial charge in [0.2, 0.25) is 0 Å². The number of hydrogen-bond donors (Lipinski definition) is 1. The van der Waals surface area contributed by atoms with E-state index in [1.54, 1.807) is 11.3 Å². The van der Waals surface area contributed by atoms with Gasteiger partial charge in [-0.05, 0) is 30.2 Å². The second-order valence-corrected chi connectivity index (χ2v) is 5.47. The number of nitrogens with zero attached hydrogens (tertiary/aromatic N) is 2. The van der Waals surface area contributed by atoms with Crippen LogP contribution in [-0.4, -0.2) is 18.6 Å². The standard InChI is InChI=1S/C13H15N3S/c1-16-5-4-9-6-10(2-3-12(9)16)13-15-8-11(7-14)17-13/h2-3,6,8H,4-5,7,14H2,1H3. The highest BCUT2D eigenvalue weighted by Gasteiger charge is 2.16. The van der Waals surface area contributed by atoms with Crippen LogP contribution in [0.25, 0.3) is 10.6 Å². The van der Waals surface area contributed by atoms with Crippen molar-refractivity contribution in [2.75, 3.05) is 18.5 Å². The monoisotopic (exact) mass is 245 g/mol. The van der Waals surface area contributed by atoms with Crippen molar-refractivity contribution in [1.82, 2.24) is 4.98 Å². The second kappa shape index (κ2) is 4.13. The quantitative estimate of drug-likeness (QED) is 0.882. The lowest BCUT2D eigenvalue weighted by Crippen LogP contribution is -2.12. The topological polar surface area (TPSA) is 42.2 Å². The van der Waals surface area contributed by atoms with E-state index in [1.807, 2.05) is 6.20 Å². The van der Waals surface area contributed by atoms with Crippen LogP contribution in [0.1, 0.15) is 10.4 Å². The molecule has 2 N–H and O–H groups in total. The first-order valence-corrected chi connectivity index (χ1v) is 6.59. The van der Waals surface area contributed by atoms with Gasteiger partial charge in [0, 0.05) is 42.5 Å². The summed E-state index contributed by atoms with van der Waals surface area (Å²) in [5.41, 5.74) is 9.60. The van der Waals surface area contributed by atoms with E-state index in [0.717, 1.165) is 22.9 Å². The Labute approximate surface area is 105 Å². The molecule has 1 aromatic heterocycles. The lowest BCUT2D eigenvalue weighted by molar-refractivity contribution is 0.956. The Hall–Kier alpha value is -1.39. The molecule has 1 aliphatic rings. The minimum absolute atomic E-state index is 0.575. The molecule has 4 heteroatoms. The third-order valence-corrected chi connectivity index (χ3v) is 4.28. The van der Waals surface area contributed by atoms with Crippen LogP contribution in [0.15, 0.2) is 24.4 Å². The number of hydrogen-bond acceptors (Lipinski definition) is 4. The fourth-order valence-electron chi connectivity index (χ4n) is 2.24.